The highest BCUT2D eigenvalue weighted by atomic mass is 14.9. The third-order valence-corrected chi connectivity index (χ3v) is 10.8. The van der Waals surface area contributed by atoms with Crippen molar-refractivity contribution >= 4 is 33.5 Å². The molecule has 1 aliphatic rings. The van der Waals surface area contributed by atoms with Crippen LogP contribution in [0, 0.1) is 0 Å². The lowest BCUT2D eigenvalue weighted by atomic mass is 9.90. The monoisotopic (exact) mass is 716 g/mol. The summed E-state index contributed by atoms with van der Waals surface area (Å²) in [5, 5.41) is 8.25. The van der Waals surface area contributed by atoms with Crippen molar-refractivity contribution in [2.45, 2.75) is 0 Å². The first kappa shape index (κ1) is 33.2. The lowest BCUT2D eigenvalue weighted by Gasteiger charge is -2.15. The summed E-state index contributed by atoms with van der Waals surface area (Å²) in [5.41, 5.74) is 16.1. The highest BCUT2D eigenvalue weighted by Crippen LogP contribution is 2.38. The Balaban J connectivity index is 1.10. The predicted molar refractivity (Wildman–Crippen MR) is 234 cm³/mol. The summed E-state index contributed by atoms with van der Waals surface area (Å²) >= 11 is 0. The molecular formula is C52H36N4. The Morgan fingerprint density at radius 3 is 1.38 bits per heavy atom. The molecule has 0 unspecified atom stereocenters. The topological polar surface area (TPSA) is 50.2 Å². The number of nitrogens with one attached hydrogen (secondary N) is 1. The molecule has 4 nitrogen and oxygen atoms in total. The van der Waals surface area contributed by atoms with E-state index in [0.717, 1.165) is 39.9 Å². The fourth-order valence-corrected chi connectivity index (χ4v) is 7.85. The molecule has 0 bridgehead atoms. The van der Waals surface area contributed by atoms with E-state index in [2.05, 4.69) is 190 Å². The van der Waals surface area contributed by atoms with Crippen LogP contribution in [0.4, 0.5) is 0 Å². The average Bonchev–Trinajstić information content (AvgIpc) is 3.29. The van der Waals surface area contributed by atoms with Crippen molar-refractivity contribution in [2.24, 2.45) is 4.99 Å². The number of hydrogen-bond donors (Lipinski definition) is 1. The van der Waals surface area contributed by atoms with E-state index in [4.69, 9.17) is 0 Å². The van der Waals surface area contributed by atoms with E-state index < -0.39 is 0 Å². The molecule has 10 rings (SSSR count). The van der Waals surface area contributed by atoms with Gasteiger partial charge >= 0.3 is 0 Å². The third-order valence-electron chi connectivity index (χ3n) is 10.8. The van der Waals surface area contributed by atoms with Crippen LogP contribution < -0.4 is 5.32 Å². The largest absolute Gasteiger partial charge is 0.372 e. The van der Waals surface area contributed by atoms with Crippen LogP contribution in [0.2, 0.25) is 0 Å². The third kappa shape index (κ3) is 6.54. The molecule has 1 N–H and O–H groups in total. The molecular weight excluding hydrogens is 681 g/mol. The molecule has 4 heteroatoms. The van der Waals surface area contributed by atoms with Crippen LogP contribution in [0.1, 0.15) is 5.56 Å². The van der Waals surface area contributed by atoms with E-state index in [9.17, 15) is 0 Å². The summed E-state index contributed by atoms with van der Waals surface area (Å²) in [6.45, 7) is 0.766. The Labute approximate surface area is 326 Å². The zero-order valence-corrected chi connectivity index (χ0v) is 30.6. The van der Waals surface area contributed by atoms with Crippen molar-refractivity contribution in [1.29, 1.82) is 0 Å². The first-order chi connectivity index (χ1) is 27.7. The highest BCUT2D eigenvalue weighted by molar-refractivity contribution is 6.08. The molecule has 2 heterocycles. The summed E-state index contributed by atoms with van der Waals surface area (Å²) in [6, 6.07) is 62.1. The van der Waals surface area contributed by atoms with Gasteiger partial charge in [-0.15, -0.1) is 0 Å². The molecule has 0 fully saturated rings. The van der Waals surface area contributed by atoms with Gasteiger partial charge in [-0.3, -0.25) is 0 Å². The highest BCUT2D eigenvalue weighted by Gasteiger charge is 2.13. The molecule has 0 atom stereocenters. The van der Waals surface area contributed by atoms with Crippen LogP contribution in [0.15, 0.2) is 200 Å². The van der Waals surface area contributed by atoms with Crippen LogP contribution in [-0.4, -0.2) is 22.9 Å². The number of nitrogens with zero attached hydrogens (tertiary/aromatic N) is 3. The smallest absolute Gasteiger partial charge is 0.115 e. The second-order valence-corrected chi connectivity index (χ2v) is 14.3. The zero-order chi connectivity index (χ0) is 37.3. The Hall–Kier alpha value is -7.43. The number of hydrogen-bond acceptors (Lipinski definition) is 4. The Bertz CT molecular complexity index is 2980. The summed E-state index contributed by atoms with van der Waals surface area (Å²) in [7, 11) is 0. The van der Waals surface area contributed by atoms with Crippen LogP contribution in [0.3, 0.4) is 0 Å². The molecule has 1 aliphatic heterocycles. The normalized spacial score (nSPS) is 12.4. The van der Waals surface area contributed by atoms with Gasteiger partial charge in [-0.05, 0) is 142 Å². The van der Waals surface area contributed by atoms with E-state index in [1.165, 1.54) is 66.1 Å². The minimum absolute atomic E-state index is 0.766. The maximum absolute atomic E-state index is 4.33. The van der Waals surface area contributed by atoms with Gasteiger partial charge in [0, 0.05) is 30.7 Å². The van der Waals surface area contributed by atoms with E-state index in [-0.39, 0.29) is 0 Å². The van der Waals surface area contributed by atoms with E-state index in [0.29, 0.717) is 0 Å². The lowest BCUT2D eigenvalue weighted by Crippen LogP contribution is -2.16. The lowest BCUT2D eigenvalue weighted by molar-refractivity contribution is 1.06. The molecule has 0 saturated carbocycles. The summed E-state index contributed by atoms with van der Waals surface area (Å²) in [4.78, 5) is 12.8. The van der Waals surface area contributed by atoms with Crippen molar-refractivity contribution in [3.05, 3.63) is 200 Å². The van der Waals surface area contributed by atoms with Gasteiger partial charge in [0.1, 0.15) is 6.33 Å². The van der Waals surface area contributed by atoms with Crippen molar-refractivity contribution in [1.82, 2.24) is 15.3 Å². The van der Waals surface area contributed by atoms with E-state index in [1.54, 1.807) is 12.7 Å². The molecule has 0 radical (unpaired) electrons. The van der Waals surface area contributed by atoms with Gasteiger partial charge < -0.3 is 5.32 Å². The summed E-state index contributed by atoms with van der Waals surface area (Å²) < 4.78 is 0. The number of fused-ring (bicyclic) bond motifs is 3. The molecule has 264 valence electrons. The molecule has 1 aromatic heterocycles. The number of aromatic nitrogens is 2. The fraction of sp³-hybridized carbons (Fsp3) is 0.0192. The van der Waals surface area contributed by atoms with Crippen LogP contribution in [0.5, 0.6) is 0 Å². The molecule has 0 saturated heterocycles. The molecule has 0 spiro atoms. The van der Waals surface area contributed by atoms with Gasteiger partial charge in [-0.25, -0.2) is 15.0 Å². The SMILES string of the molecule is C1=NC=C(c2cccc(-c3cccc(-c4cc(-c5cccc(-c6cccc(-c7cncnc7)c6)c5)cc(-c5ccc6ccc7ccccc7c6c5)c4)c3)c2)CN1. The summed E-state index contributed by atoms with van der Waals surface area (Å²) in [6.07, 6.45) is 8.97. The van der Waals surface area contributed by atoms with Gasteiger partial charge in [-0.2, -0.15) is 0 Å². The van der Waals surface area contributed by atoms with Gasteiger partial charge in [0.15, 0.2) is 0 Å². The molecule has 8 aromatic carbocycles. The predicted octanol–water partition coefficient (Wildman–Crippen LogP) is 12.8. The van der Waals surface area contributed by atoms with Gasteiger partial charge in [-0.1, -0.05) is 121 Å². The maximum atomic E-state index is 4.33. The van der Waals surface area contributed by atoms with Crippen LogP contribution in [-0.2, 0) is 0 Å². The summed E-state index contributed by atoms with van der Waals surface area (Å²) in [5.74, 6) is 0. The van der Waals surface area contributed by atoms with Crippen LogP contribution in [0.25, 0.3) is 93.9 Å². The Morgan fingerprint density at radius 1 is 0.357 bits per heavy atom. The first-order valence-corrected chi connectivity index (χ1v) is 18.9. The average molecular weight is 717 g/mol. The minimum atomic E-state index is 0.766. The molecule has 56 heavy (non-hydrogen) atoms. The fourth-order valence-electron chi connectivity index (χ4n) is 7.85. The molecule has 0 amide bonds. The second-order valence-electron chi connectivity index (χ2n) is 14.3. The zero-order valence-electron chi connectivity index (χ0n) is 30.6. The quantitative estimate of drug-likeness (QED) is 0.167. The van der Waals surface area contributed by atoms with Gasteiger partial charge in [0.05, 0.1) is 6.34 Å². The van der Waals surface area contributed by atoms with Crippen molar-refractivity contribution < 1.29 is 0 Å². The molecule has 9 aromatic rings. The Morgan fingerprint density at radius 2 is 0.804 bits per heavy atom. The van der Waals surface area contributed by atoms with Crippen molar-refractivity contribution in [3.8, 4) is 66.8 Å². The van der Waals surface area contributed by atoms with Crippen LogP contribution >= 0.6 is 0 Å². The second kappa shape index (κ2) is 14.4. The number of rotatable bonds is 7. The first-order valence-electron chi connectivity index (χ1n) is 18.9. The van der Waals surface area contributed by atoms with Gasteiger partial charge in [0.2, 0.25) is 0 Å². The number of benzene rings is 8. The van der Waals surface area contributed by atoms with E-state index >= 15 is 0 Å². The Kier molecular flexibility index (Phi) is 8.54. The standard InChI is InChI=1S/C52H36N4/c1-2-16-51-35(7-1)17-18-36-19-20-45(28-52(36)51)48-26-46(41-12-3-8-37(21-41)39-10-5-14-43(23-39)49-29-53-33-54-30-49)25-47(27-48)42-13-4-9-38(22-42)40-11-6-15-44(24-40)50-31-55-34-56-32-50/h1-31,33-34H,32H2,(H,55,56). The van der Waals surface area contributed by atoms with E-state index in [1.807, 2.05) is 18.6 Å². The van der Waals surface area contributed by atoms with Crippen molar-refractivity contribution in [3.63, 3.8) is 0 Å². The van der Waals surface area contributed by atoms with Crippen molar-refractivity contribution in [2.75, 3.05) is 6.54 Å². The minimum Gasteiger partial charge on any atom is -0.372 e. The molecule has 0 aliphatic carbocycles. The number of aliphatic imine (C=N–C) groups is 1. The maximum Gasteiger partial charge on any atom is 0.115 e. The van der Waals surface area contributed by atoms with Gasteiger partial charge in [0.25, 0.3) is 0 Å².